The van der Waals surface area contributed by atoms with Crippen molar-refractivity contribution in [2.45, 2.75) is 19.8 Å². The van der Waals surface area contributed by atoms with Crippen molar-refractivity contribution in [2.75, 3.05) is 20.1 Å². The van der Waals surface area contributed by atoms with Crippen molar-refractivity contribution in [1.82, 2.24) is 10.2 Å². The van der Waals surface area contributed by atoms with Gasteiger partial charge in [0.1, 0.15) is 0 Å². The van der Waals surface area contributed by atoms with Crippen molar-refractivity contribution in [2.24, 2.45) is 0 Å². The van der Waals surface area contributed by atoms with E-state index in [0.29, 0.717) is 5.56 Å². The van der Waals surface area contributed by atoms with Crippen LogP contribution < -0.4 is 5.32 Å². The van der Waals surface area contributed by atoms with E-state index in [2.05, 4.69) is 28.2 Å². The average Bonchev–Trinajstić information content (AvgIpc) is 2.41. The molecule has 1 N–H and O–H groups in total. The number of amides is 2. The van der Waals surface area contributed by atoms with E-state index in [9.17, 15) is 9.59 Å². The summed E-state index contributed by atoms with van der Waals surface area (Å²) in [6.45, 7) is 2.83. The van der Waals surface area contributed by atoms with E-state index in [0.717, 1.165) is 23.9 Å². The quantitative estimate of drug-likeness (QED) is 0.872. The van der Waals surface area contributed by atoms with Crippen LogP contribution in [-0.4, -0.2) is 36.9 Å². The van der Waals surface area contributed by atoms with E-state index >= 15 is 0 Å². The summed E-state index contributed by atoms with van der Waals surface area (Å²) in [6.07, 6.45) is 2.02. The van der Waals surface area contributed by atoms with Crippen molar-refractivity contribution < 1.29 is 9.59 Å². The van der Waals surface area contributed by atoms with Crippen molar-refractivity contribution in [3.63, 3.8) is 0 Å². The molecule has 0 unspecified atom stereocenters. The second kappa shape index (κ2) is 7.94. The zero-order valence-corrected chi connectivity index (χ0v) is 12.9. The number of likely N-dealkylation sites (N-methyl/N-ethyl adjacent to an activating group) is 1. The molecule has 0 fully saturated rings. The lowest BCUT2D eigenvalue weighted by atomic mass is 10.2. The minimum atomic E-state index is -0.237. The number of hydrogen-bond donors (Lipinski definition) is 1. The van der Waals surface area contributed by atoms with Crippen LogP contribution in [0.4, 0.5) is 0 Å². The van der Waals surface area contributed by atoms with E-state index in [1.807, 2.05) is 6.07 Å². The fourth-order valence-electron chi connectivity index (χ4n) is 1.54. The summed E-state index contributed by atoms with van der Waals surface area (Å²) in [5.41, 5.74) is 0.540. The van der Waals surface area contributed by atoms with Gasteiger partial charge in [-0.15, -0.1) is 0 Å². The maximum absolute atomic E-state index is 11.8. The molecule has 1 aromatic rings. The highest BCUT2D eigenvalue weighted by atomic mass is 79.9. The van der Waals surface area contributed by atoms with Crippen LogP contribution in [0.25, 0.3) is 0 Å². The van der Waals surface area contributed by atoms with Crippen LogP contribution in [0.3, 0.4) is 0 Å². The Morgan fingerprint density at radius 2 is 2.11 bits per heavy atom. The molecule has 1 rings (SSSR count). The Kier molecular flexibility index (Phi) is 6.56. The van der Waals surface area contributed by atoms with Crippen LogP contribution in [0.1, 0.15) is 30.1 Å². The van der Waals surface area contributed by atoms with Crippen LogP contribution in [-0.2, 0) is 4.79 Å². The first-order valence-corrected chi connectivity index (χ1v) is 7.11. The molecule has 4 nitrogen and oxygen atoms in total. The molecule has 0 spiro atoms. The van der Waals surface area contributed by atoms with Gasteiger partial charge in [-0.1, -0.05) is 35.3 Å². The van der Waals surface area contributed by atoms with E-state index in [-0.39, 0.29) is 18.4 Å². The normalized spacial score (nSPS) is 10.1. The average molecular weight is 327 g/mol. The first-order chi connectivity index (χ1) is 9.04. The number of hydrogen-bond acceptors (Lipinski definition) is 2. The number of carbonyl (C=O) groups excluding carboxylic acids is 2. The molecule has 0 aliphatic rings. The molecule has 0 aliphatic carbocycles. The monoisotopic (exact) mass is 326 g/mol. The Morgan fingerprint density at radius 3 is 2.74 bits per heavy atom. The van der Waals surface area contributed by atoms with Gasteiger partial charge in [0.15, 0.2) is 0 Å². The molecule has 0 atom stereocenters. The highest BCUT2D eigenvalue weighted by Crippen LogP contribution is 2.11. The molecule has 0 saturated heterocycles. The minimum Gasteiger partial charge on any atom is -0.344 e. The molecule has 19 heavy (non-hydrogen) atoms. The van der Waals surface area contributed by atoms with Gasteiger partial charge in [-0.2, -0.15) is 0 Å². The van der Waals surface area contributed by atoms with Crippen LogP contribution in [0, 0.1) is 0 Å². The van der Waals surface area contributed by atoms with Gasteiger partial charge in [0.2, 0.25) is 5.91 Å². The van der Waals surface area contributed by atoms with Gasteiger partial charge in [0.25, 0.3) is 5.91 Å². The Balaban J connectivity index is 2.44. The molecule has 1 aromatic carbocycles. The maximum Gasteiger partial charge on any atom is 0.251 e. The number of halogens is 1. The Labute approximate surface area is 122 Å². The summed E-state index contributed by atoms with van der Waals surface area (Å²) in [7, 11) is 1.75. The zero-order chi connectivity index (χ0) is 14.3. The fraction of sp³-hybridized carbons (Fsp3) is 0.429. The first kappa shape index (κ1) is 15.7. The summed E-state index contributed by atoms with van der Waals surface area (Å²) in [5.74, 6) is -0.310. The van der Waals surface area contributed by atoms with Gasteiger partial charge in [-0.3, -0.25) is 9.59 Å². The van der Waals surface area contributed by atoms with Crippen molar-refractivity contribution >= 4 is 27.7 Å². The molecule has 2 amide bonds. The molecule has 0 heterocycles. The van der Waals surface area contributed by atoms with Crippen LogP contribution in [0.15, 0.2) is 28.7 Å². The molecule has 0 bridgehead atoms. The lowest BCUT2D eigenvalue weighted by Gasteiger charge is -2.16. The molecule has 0 saturated carbocycles. The molecule has 5 heteroatoms. The van der Waals surface area contributed by atoms with Gasteiger partial charge in [-0.05, 0) is 24.6 Å². The lowest BCUT2D eigenvalue weighted by Crippen LogP contribution is -2.38. The summed E-state index contributed by atoms with van der Waals surface area (Å²) < 4.78 is 0.839. The van der Waals surface area contributed by atoms with E-state index in [1.165, 1.54) is 0 Å². The third-order valence-corrected chi connectivity index (χ3v) is 3.25. The summed E-state index contributed by atoms with van der Waals surface area (Å²) in [6, 6.07) is 7.07. The van der Waals surface area contributed by atoms with Crippen molar-refractivity contribution in [3.05, 3.63) is 34.3 Å². The molecule has 0 radical (unpaired) electrons. The van der Waals surface area contributed by atoms with Crippen LogP contribution in [0.2, 0.25) is 0 Å². The second-order valence-corrected chi connectivity index (χ2v) is 5.28. The third-order valence-electron chi connectivity index (χ3n) is 2.76. The largest absolute Gasteiger partial charge is 0.344 e. The van der Waals surface area contributed by atoms with E-state index in [4.69, 9.17) is 0 Å². The summed E-state index contributed by atoms with van der Waals surface area (Å²) in [4.78, 5) is 25.2. The summed E-state index contributed by atoms with van der Waals surface area (Å²) in [5, 5.41) is 2.63. The van der Waals surface area contributed by atoms with Gasteiger partial charge < -0.3 is 10.2 Å². The molecule has 0 aliphatic heterocycles. The number of carbonyl (C=O) groups is 2. The predicted octanol–water partition coefficient (Wildman–Crippen LogP) is 2.44. The van der Waals surface area contributed by atoms with Crippen LogP contribution >= 0.6 is 15.9 Å². The minimum absolute atomic E-state index is 0.0333. The smallest absolute Gasteiger partial charge is 0.251 e. The number of nitrogens with one attached hydrogen (secondary N) is 1. The van der Waals surface area contributed by atoms with Crippen LogP contribution in [0.5, 0.6) is 0 Å². The maximum atomic E-state index is 11.8. The fourth-order valence-corrected chi connectivity index (χ4v) is 1.94. The Bertz CT molecular complexity index is 449. The van der Waals surface area contributed by atoms with Gasteiger partial charge in [0, 0.05) is 23.6 Å². The van der Waals surface area contributed by atoms with E-state index < -0.39 is 0 Å². The van der Waals surface area contributed by atoms with Crippen molar-refractivity contribution in [1.29, 1.82) is 0 Å². The standard InChI is InChI=1S/C14H19BrN2O2/c1-3-4-8-17(2)13(18)10-16-14(19)11-6-5-7-12(15)9-11/h5-7,9H,3-4,8,10H2,1-2H3,(H,16,19). The zero-order valence-electron chi connectivity index (χ0n) is 11.3. The number of rotatable bonds is 6. The topological polar surface area (TPSA) is 49.4 Å². The highest BCUT2D eigenvalue weighted by Gasteiger charge is 2.11. The second-order valence-electron chi connectivity index (χ2n) is 4.36. The van der Waals surface area contributed by atoms with Gasteiger partial charge >= 0.3 is 0 Å². The third kappa shape index (κ3) is 5.42. The molecule has 0 aromatic heterocycles. The molecular weight excluding hydrogens is 308 g/mol. The van der Waals surface area contributed by atoms with E-state index in [1.54, 1.807) is 30.1 Å². The SMILES string of the molecule is CCCCN(C)C(=O)CNC(=O)c1cccc(Br)c1. The Hall–Kier alpha value is -1.36. The van der Waals surface area contributed by atoms with Gasteiger partial charge in [0.05, 0.1) is 6.54 Å². The molecule has 104 valence electrons. The number of unbranched alkanes of at least 4 members (excludes halogenated alkanes) is 1. The molecular formula is C14H19BrN2O2. The first-order valence-electron chi connectivity index (χ1n) is 6.32. The summed E-state index contributed by atoms with van der Waals surface area (Å²) >= 11 is 3.31. The lowest BCUT2D eigenvalue weighted by molar-refractivity contribution is -0.128. The predicted molar refractivity (Wildman–Crippen MR) is 79.0 cm³/mol. The van der Waals surface area contributed by atoms with Gasteiger partial charge in [-0.25, -0.2) is 0 Å². The number of nitrogens with zero attached hydrogens (tertiary/aromatic N) is 1. The van der Waals surface area contributed by atoms with Crippen molar-refractivity contribution in [3.8, 4) is 0 Å². The Morgan fingerprint density at radius 1 is 1.37 bits per heavy atom. The highest BCUT2D eigenvalue weighted by molar-refractivity contribution is 9.10. The number of benzene rings is 1.